The Kier molecular flexibility index (Phi) is 8.74. The third-order valence-electron chi connectivity index (χ3n) is 7.12. The lowest BCUT2D eigenvalue weighted by Gasteiger charge is -2.33. The molecule has 0 spiro atoms. The molecule has 0 unspecified atom stereocenters. The Balaban J connectivity index is 1.54. The maximum absolute atomic E-state index is 13.8. The third-order valence-corrected chi connectivity index (χ3v) is 7.12. The number of aryl methyl sites for hydroxylation is 1. The molecule has 12 nitrogen and oxygen atoms in total. The number of ether oxygens (including phenoxy) is 1. The second kappa shape index (κ2) is 11.9. The van der Waals surface area contributed by atoms with Crippen LogP contribution in [0.1, 0.15) is 53.5 Å². The Hall–Kier alpha value is -3.89. The lowest BCUT2D eigenvalue weighted by atomic mass is 9.81. The highest BCUT2D eigenvalue weighted by Gasteiger charge is 2.48. The number of hydrogen-bond acceptors (Lipinski definition) is 8. The fourth-order valence-electron chi connectivity index (χ4n) is 4.90. The number of carbonyl (C=O) groups excluding carboxylic acids is 3. The highest BCUT2D eigenvalue weighted by Crippen LogP contribution is 2.38. The molecule has 3 atom stereocenters. The highest BCUT2D eigenvalue weighted by molar-refractivity contribution is 6.00. The molecule has 4 rings (SSSR count). The number of nitrogens with zero attached hydrogens (tertiary/aromatic N) is 4. The van der Waals surface area contributed by atoms with Crippen molar-refractivity contribution in [3.05, 3.63) is 35.3 Å². The topological polar surface area (TPSA) is 152 Å². The van der Waals surface area contributed by atoms with Gasteiger partial charge in [0.25, 0.3) is 5.91 Å². The summed E-state index contributed by atoms with van der Waals surface area (Å²) in [5, 5.41) is 14.0. The zero-order valence-electron chi connectivity index (χ0n) is 22.0. The molecule has 0 radical (unpaired) electrons. The maximum atomic E-state index is 13.8. The van der Waals surface area contributed by atoms with Crippen molar-refractivity contribution in [3.63, 3.8) is 0 Å². The predicted molar refractivity (Wildman–Crippen MR) is 130 cm³/mol. The number of alkyl halides is 5. The van der Waals surface area contributed by atoms with Gasteiger partial charge in [0.1, 0.15) is 23.6 Å². The van der Waals surface area contributed by atoms with Crippen molar-refractivity contribution in [2.24, 2.45) is 5.92 Å². The number of hydrogen-bond donors (Lipinski definition) is 3. The van der Waals surface area contributed by atoms with Gasteiger partial charge in [0.05, 0.1) is 19.2 Å². The van der Waals surface area contributed by atoms with Crippen molar-refractivity contribution < 1.29 is 45.7 Å². The minimum Gasteiger partial charge on any atom is -0.382 e. The summed E-state index contributed by atoms with van der Waals surface area (Å²) >= 11 is 0. The van der Waals surface area contributed by atoms with Crippen molar-refractivity contribution in [2.45, 2.75) is 62.8 Å². The first-order valence-electron chi connectivity index (χ1n) is 12.7. The first kappa shape index (κ1) is 30.1. The van der Waals surface area contributed by atoms with Gasteiger partial charge in [-0.2, -0.15) is 13.2 Å². The molecule has 1 aliphatic carbocycles. The van der Waals surface area contributed by atoms with E-state index in [0.717, 1.165) is 4.90 Å². The second-order valence-electron chi connectivity index (χ2n) is 9.97. The van der Waals surface area contributed by atoms with E-state index in [1.807, 2.05) is 5.32 Å². The molecule has 41 heavy (non-hydrogen) atoms. The average molecular weight is 590 g/mol. The predicted octanol–water partition coefficient (Wildman–Crippen LogP) is 2.98. The normalized spacial score (nSPS) is 20.8. The van der Waals surface area contributed by atoms with Gasteiger partial charge in [-0.3, -0.25) is 9.59 Å². The van der Waals surface area contributed by atoms with E-state index >= 15 is 0 Å². The molecular formula is C24H28F5N7O5. The Morgan fingerprint density at radius 1 is 1.27 bits per heavy atom. The van der Waals surface area contributed by atoms with Crippen molar-refractivity contribution in [1.29, 1.82) is 0 Å². The van der Waals surface area contributed by atoms with Crippen molar-refractivity contribution in [2.75, 3.05) is 25.6 Å². The van der Waals surface area contributed by atoms with Gasteiger partial charge in [-0.1, -0.05) is 5.16 Å². The van der Waals surface area contributed by atoms with Gasteiger partial charge in [-0.15, -0.1) is 0 Å². The van der Waals surface area contributed by atoms with Crippen LogP contribution in [-0.4, -0.2) is 82.5 Å². The molecule has 224 valence electrons. The first-order valence-corrected chi connectivity index (χ1v) is 12.7. The molecule has 0 bridgehead atoms. The van der Waals surface area contributed by atoms with Gasteiger partial charge in [0.2, 0.25) is 11.8 Å². The largest absolute Gasteiger partial charge is 0.410 e. The van der Waals surface area contributed by atoms with E-state index in [9.17, 15) is 36.3 Å². The number of rotatable bonds is 9. The van der Waals surface area contributed by atoms with Crippen LogP contribution < -0.4 is 16.0 Å². The molecular weight excluding hydrogens is 561 g/mol. The molecule has 2 aromatic heterocycles. The van der Waals surface area contributed by atoms with E-state index in [1.54, 1.807) is 0 Å². The van der Waals surface area contributed by atoms with Crippen LogP contribution in [0.4, 0.5) is 32.6 Å². The summed E-state index contributed by atoms with van der Waals surface area (Å²) in [6.45, 7) is 0.650. The molecule has 1 saturated carbocycles. The van der Waals surface area contributed by atoms with Crippen LogP contribution in [0, 0.1) is 12.8 Å². The van der Waals surface area contributed by atoms with E-state index in [1.165, 1.54) is 32.4 Å². The van der Waals surface area contributed by atoms with Crippen LogP contribution >= 0.6 is 0 Å². The van der Waals surface area contributed by atoms with Gasteiger partial charge >= 0.3 is 12.2 Å². The van der Waals surface area contributed by atoms with Gasteiger partial charge in [-0.05, 0) is 48.5 Å². The minimum atomic E-state index is -4.65. The Labute approximate surface area is 230 Å². The Morgan fingerprint density at radius 3 is 2.56 bits per heavy atom. The van der Waals surface area contributed by atoms with E-state index in [2.05, 4.69) is 30.6 Å². The fourth-order valence-corrected chi connectivity index (χ4v) is 4.90. The SMILES string of the molecule is COC[C@H](c1ccnc(NC(=O)[C@@H](NC(=O)c2nonc2C)C2CCC(F)(F)CC2)c1)N1C[C@@H](C(F)(F)F)NC1=O. The third kappa shape index (κ3) is 7.07. The van der Waals surface area contributed by atoms with Crippen molar-refractivity contribution in [1.82, 2.24) is 30.8 Å². The molecule has 4 amide bonds. The number of methoxy groups -OCH3 is 1. The molecule has 17 heteroatoms. The minimum absolute atomic E-state index is 0.0414. The lowest BCUT2D eigenvalue weighted by Crippen LogP contribution is -2.50. The molecule has 2 aliphatic rings. The van der Waals surface area contributed by atoms with Crippen LogP contribution in [0.3, 0.4) is 0 Å². The number of urea groups is 1. The highest BCUT2D eigenvalue weighted by atomic mass is 19.4. The number of pyridine rings is 1. The fraction of sp³-hybridized carbons (Fsp3) is 0.583. The van der Waals surface area contributed by atoms with Crippen LogP contribution in [0.5, 0.6) is 0 Å². The summed E-state index contributed by atoms with van der Waals surface area (Å²) in [4.78, 5) is 43.6. The zero-order chi connectivity index (χ0) is 29.9. The quantitative estimate of drug-likeness (QED) is 0.378. The molecule has 1 aliphatic heterocycles. The van der Waals surface area contributed by atoms with E-state index in [0.29, 0.717) is 5.56 Å². The summed E-state index contributed by atoms with van der Waals surface area (Å²) in [5.74, 6) is -5.11. The van der Waals surface area contributed by atoms with E-state index in [-0.39, 0.29) is 36.7 Å². The standard InChI is InChI=1S/C24H28F5N7O5/c1-12-18(35-41-34-12)20(37)33-19(13-3-6-23(25,26)7-4-13)21(38)32-17-9-14(5-8-30-17)15(11-40-2)36-10-16(24(27,28)29)31-22(36)39/h5,8-9,13,15-16,19H,3-4,6-7,10-11H2,1-2H3,(H,31,39)(H,33,37)(H,30,32,38)/t15-,16+,19+/m1/s1. The number of carbonyl (C=O) groups is 3. The summed E-state index contributed by atoms with van der Waals surface area (Å²) in [5.41, 5.74) is 0.305. The smallest absolute Gasteiger partial charge is 0.382 e. The lowest BCUT2D eigenvalue weighted by molar-refractivity contribution is -0.150. The summed E-state index contributed by atoms with van der Waals surface area (Å²) < 4.78 is 77.0. The van der Waals surface area contributed by atoms with E-state index < -0.39 is 73.4 Å². The van der Waals surface area contributed by atoms with Crippen molar-refractivity contribution >= 4 is 23.7 Å². The van der Waals surface area contributed by atoms with Gasteiger partial charge < -0.3 is 25.6 Å². The molecule has 2 aromatic rings. The Morgan fingerprint density at radius 2 is 1.98 bits per heavy atom. The van der Waals surface area contributed by atoms with Crippen LogP contribution in [0.15, 0.2) is 23.0 Å². The van der Waals surface area contributed by atoms with Crippen LogP contribution in [0.25, 0.3) is 0 Å². The number of nitrogens with one attached hydrogen (secondary N) is 3. The molecule has 2 fully saturated rings. The number of halogens is 5. The average Bonchev–Trinajstić information content (AvgIpc) is 3.51. The van der Waals surface area contributed by atoms with Crippen LogP contribution in [-0.2, 0) is 9.53 Å². The summed E-state index contributed by atoms with van der Waals surface area (Å²) in [6.07, 6.45) is -4.40. The number of aromatic nitrogens is 3. The van der Waals surface area contributed by atoms with Crippen molar-refractivity contribution in [3.8, 4) is 0 Å². The number of anilines is 1. The maximum Gasteiger partial charge on any atom is 0.410 e. The first-order chi connectivity index (χ1) is 19.3. The summed E-state index contributed by atoms with van der Waals surface area (Å²) in [6, 6.07) is -2.40. The van der Waals surface area contributed by atoms with Gasteiger partial charge in [-0.25, -0.2) is 23.2 Å². The number of amides is 4. The molecule has 0 aromatic carbocycles. The summed E-state index contributed by atoms with van der Waals surface area (Å²) in [7, 11) is 1.32. The van der Waals surface area contributed by atoms with Gasteiger partial charge in [0.15, 0.2) is 5.69 Å². The monoisotopic (exact) mass is 589 g/mol. The molecule has 3 N–H and O–H groups in total. The van der Waals surface area contributed by atoms with Crippen LogP contribution in [0.2, 0.25) is 0 Å². The Bertz CT molecular complexity index is 1260. The second-order valence-corrected chi connectivity index (χ2v) is 9.97. The molecule has 1 saturated heterocycles. The van der Waals surface area contributed by atoms with Gasteiger partial charge in [0, 0.05) is 26.1 Å². The zero-order valence-corrected chi connectivity index (χ0v) is 22.0. The van der Waals surface area contributed by atoms with E-state index in [4.69, 9.17) is 4.74 Å². The molecule has 3 heterocycles.